The number of benzene rings is 1. The van der Waals surface area contributed by atoms with Crippen molar-refractivity contribution in [2.75, 3.05) is 20.8 Å². The van der Waals surface area contributed by atoms with Crippen LogP contribution in [0.1, 0.15) is 44.1 Å². The van der Waals surface area contributed by atoms with Gasteiger partial charge in [-0.25, -0.2) is 0 Å². The van der Waals surface area contributed by atoms with E-state index in [1.54, 1.807) is 14.2 Å². The minimum absolute atomic E-state index is 0.478. The Balaban J connectivity index is 2.40. The van der Waals surface area contributed by atoms with Crippen LogP contribution in [0.15, 0.2) is 16.6 Å². The number of ether oxygens (including phenoxy) is 2. The van der Waals surface area contributed by atoms with Gasteiger partial charge >= 0.3 is 0 Å². The van der Waals surface area contributed by atoms with Gasteiger partial charge in [0.05, 0.1) is 14.2 Å². The molecule has 1 aromatic carbocycles. The first kappa shape index (κ1) is 16.6. The monoisotopic (exact) mass is 355 g/mol. The van der Waals surface area contributed by atoms with Crippen LogP contribution in [-0.2, 0) is 0 Å². The molecule has 3 unspecified atom stereocenters. The van der Waals surface area contributed by atoms with Crippen molar-refractivity contribution in [3.63, 3.8) is 0 Å². The normalized spacial score (nSPS) is 25.7. The van der Waals surface area contributed by atoms with Crippen molar-refractivity contribution in [2.24, 2.45) is 17.6 Å². The predicted octanol–water partition coefficient (Wildman–Crippen LogP) is 4.33. The highest BCUT2D eigenvalue weighted by atomic mass is 79.9. The Morgan fingerprint density at radius 3 is 2.57 bits per heavy atom. The van der Waals surface area contributed by atoms with Crippen molar-refractivity contribution in [3.05, 3.63) is 22.2 Å². The zero-order valence-corrected chi connectivity index (χ0v) is 14.8. The Labute approximate surface area is 136 Å². The number of halogens is 1. The summed E-state index contributed by atoms with van der Waals surface area (Å²) < 4.78 is 11.9. The molecule has 2 N–H and O–H groups in total. The Morgan fingerprint density at radius 2 is 2.00 bits per heavy atom. The van der Waals surface area contributed by atoms with Crippen molar-refractivity contribution in [3.8, 4) is 11.5 Å². The van der Waals surface area contributed by atoms with E-state index >= 15 is 0 Å². The summed E-state index contributed by atoms with van der Waals surface area (Å²) in [6, 6.07) is 4.17. The van der Waals surface area contributed by atoms with Gasteiger partial charge in [-0.15, -0.1) is 0 Å². The second kappa shape index (κ2) is 7.50. The highest BCUT2D eigenvalue weighted by molar-refractivity contribution is 9.10. The lowest BCUT2D eigenvalue weighted by atomic mass is 9.70. The quantitative estimate of drug-likeness (QED) is 0.854. The summed E-state index contributed by atoms with van der Waals surface area (Å²) in [5.74, 6) is 3.52. The molecule has 0 heterocycles. The summed E-state index contributed by atoms with van der Waals surface area (Å²) in [6.45, 7) is 3.03. The van der Waals surface area contributed by atoms with E-state index in [2.05, 4.69) is 28.9 Å². The summed E-state index contributed by atoms with van der Waals surface area (Å²) >= 11 is 3.61. The second-order valence-corrected chi connectivity index (χ2v) is 6.69. The number of nitrogens with two attached hydrogens (primary N) is 1. The van der Waals surface area contributed by atoms with Crippen LogP contribution in [0.3, 0.4) is 0 Å². The van der Waals surface area contributed by atoms with Gasteiger partial charge in [0.1, 0.15) is 16.0 Å². The first-order chi connectivity index (χ1) is 10.2. The van der Waals surface area contributed by atoms with Gasteiger partial charge in [-0.1, -0.05) is 25.8 Å². The molecule has 0 aromatic heterocycles. The molecule has 1 fully saturated rings. The van der Waals surface area contributed by atoms with Crippen LogP contribution in [0.5, 0.6) is 11.5 Å². The largest absolute Gasteiger partial charge is 0.495 e. The Kier molecular flexibility index (Phi) is 5.94. The third-order valence-electron chi connectivity index (χ3n) is 4.90. The van der Waals surface area contributed by atoms with E-state index in [1.165, 1.54) is 31.2 Å². The molecule has 0 aliphatic heterocycles. The van der Waals surface area contributed by atoms with E-state index in [4.69, 9.17) is 15.2 Å². The highest BCUT2D eigenvalue weighted by Crippen LogP contribution is 2.47. The van der Waals surface area contributed by atoms with E-state index in [0.717, 1.165) is 28.4 Å². The van der Waals surface area contributed by atoms with Gasteiger partial charge in [0.15, 0.2) is 0 Å². The molecule has 4 heteroatoms. The highest BCUT2D eigenvalue weighted by Gasteiger charge is 2.32. The molecule has 1 aromatic rings. The van der Waals surface area contributed by atoms with E-state index in [9.17, 15) is 0 Å². The molecule has 3 atom stereocenters. The number of methoxy groups -OCH3 is 2. The van der Waals surface area contributed by atoms with Crippen molar-refractivity contribution in [2.45, 2.75) is 38.5 Å². The third-order valence-corrected chi connectivity index (χ3v) is 5.65. The summed E-state index contributed by atoms with van der Waals surface area (Å²) in [5.41, 5.74) is 7.29. The zero-order chi connectivity index (χ0) is 15.4. The zero-order valence-electron chi connectivity index (χ0n) is 13.2. The van der Waals surface area contributed by atoms with Crippen LogP contribution < -0.4 is 15.2 Å². The molecule has 0 bridgehead atoms. The standard InChI is InChI=1S/C17H26BrNO2/c1-4-11-5-6-12(10-19)14(9-11)13-7-8-15(20-2)16(18)17(13)21-3/h7-8,11-12,14H,4-6,9-10,19H2,1-3H3. The molecular weight excluding hydrogens is 330 g/mol. The molecule has 1 aliphatic rings. The van der Waals surface area contributed by atoms with E-state index < -0.39 is 0 Å². The topological polar surface area (TPSA) is 44.5 Å². The lowest BCUT2D eigenvalue weighted by molar-refractivity contribution is 0.231. The van der Waals surface area contributed by atoms with E-state index in [0.29, 0.717) is 11.8 Å². The van der Waals surface area contributed by atoms with Gasteiger partial charge in [0, 0.05) is 0 Å². The molecule has 1 saturated carbocycles. The minimum atomic E-state index is 0.478. The lowest BCUT2D eigenvalue weighted by Gasteiger charge is -2.36. The summed E-state index contributed by atoms with van der Waals surface area (Å²) in [6.07, 6.45) is 4.96. The molecule has 21 heavy (non-hydrogen) atoms. The fraction of sp³-hybridized carbons (Fsp3) is 0.647. The first-order valence-electron chi connectivity index (χ1n) is 7.76. The Bertz CT molecular complexity index is 478. The SMILES string of the molecule is CCC1CCC(CN)C(c2ccc(OC)c(Br)c2OC)C1. The van der Waals surface area contributed by atoms with Gasteiger partial charge < -0.3 is 15.2 Å². The third kappa shape index (κ3) is 3.37. The lowest BCUT2D eigenvalue weighted by Crippen LogP contribution is -2.29. The van der Waals surface area contributed by atoms with Crippen LogP contribution in [0.4, 0.5) is 0 Å². The Morgan fingerprint density at radius 1 is 1.24 bits per heavy atom. The maximum Gasteiger partial charge on any atom is 0.140 e. The Hall–Kier alpha value is -0.740. The summed E-state index contributed by atoms with van der Waals surface area (Å²) in [4.78, 5) is 0. The summed E-state index contributed by atoms with van der Waals surface area (Å²) in [5, 5.41) is 0. The summed E-state index contributed by atoms with van der Waals surface area (Å²) in [7, 11) is 3.40. The van der Waals surface area contributed by atoms with Crippen LogP contribution in [-0.4, -0.2) is 20.8 Å². The first-order valence-corrected chi connectivity index (χ1v) is 8.55. The van der Waals surface area contributed by atoms with Crippen molar-refractivity contribution in [1.82, 2.24) is 0 Å². The maximum atomic E-state index is 6.03. The van der Waals surface area contributed by atoms with Crippen molar-refractivity contribution in [1.29, 1.82) is 0 Å². The second-order valence-electron chi connectivity index (χ2n) is 5.89. The van der Waals surface area contributed by atoms with Gasteiger partial charge in [0.2, 0.25) is 0 Å². The predicted molar refractivity (Wildman–Crippen MR) is 90.2 cm³/mol. The molecule has 2 rings (SSSR count). The van der Waals surface area contributed by atoms with Crippen LogP contribution >= 0.6 is 15.9 Å². The van der Waals surface area contributed by atoms with Crippen LogP contribution in [0.25, 0.3) is 0 Å². The molecule has 1 aliphatic carbocycles. The van der Waals surface area contributed by atoms with Crippen molar-refractivity contribution < 1.29 is 9.47 Å². The number of rotatable bonds is 5. The molecule has 0 saturated heterocycles. The fourth-order valence-corrected chi connectivity index (χ4v) is 4.25. The average molecular weight is 356 g/mol. The number of hydrogen-bond donors (Lipinski definition) is 1. The van der Waals surface area contributed by atoms with E-state index in [-0.39, 0.29) is 0 Å². The minimum Gasteiger partial charge on any atom is -0.495 e. The van der Waals surface area contributed by atoms with Gasteiger partial charge in [0.25, 0.3) is 0 Å². The van der Waals surface area contributed by atoms with Crippen molar-refractivity contribution >= 4 is 15.9 Å². The molecule has 0 spiro atoms. The fourth-order valence-electron chi connectivity index (χ4n) is 3.56. The molecule has 118 valence electrons. The molecule has 3 nitrogen and oxygen atoms in total. The van der Waals surface area contributed by atoms with E-state index in [1.807, 2.05) is 6.07 Å². The van der Waals surface area contributed by atoms with Crippen LogP contribution in [0.2, 0.25) is 0 Å². The average Bonchev–Trinajstić information content (AvgIpc) is 2.53. The van der Waals surface area contributed by atoms with Crippen LogP contribution in [0, 0.1) is 11.8 Å². The van der Waals surface area contributed by atoms with Gasteiger partial charge in [-0.3, -0.25) is 0 Å². The number of hydrogen-bond acceptors (Lipinski definition) is 3. The van der Waals surface area contributed by atoms with Gasteiger partial charge in [-0.2, -0.15) is 0 Å². The molecular formula is C17H26BrNO2. The molecule has 0 amide bonds. The molecule has 0 radical (unpaired) electrons. The maximum absolute atomic E-state index is 6.03. The van der Waals surface area contributed by atoms with Gasteiger partial charge in [-0.05, 0) is 64.7 Å². The smallest absolute Gasteiger partial charge is 0.140 e.